The van der Waals surface area contributed by atoms with E-state index in [0.717, 1.165) is 31.9 Å². The Morgan fingerprint density at radius 3 is 2.68 bits per heavy atom. The van der Waals surface area contributed by atoms with Gasteiger partial charge < -0.3 is 15.1 Å². The molecule has 0 aliphatic carbocycles. The van der Waals surface area contributed by atoms with Gasteiger partial charge in [0.2, 0.25) is 0 Å². The van der Waals surface area contributed by atoms with Gasteiger partial charge in [-0.05, 0) is 32.1 Å². The number of nitrogens with zero attached hydrogens (tertiary/aromatic N) is 2. The smallest absolute Gasteiger partial charge is 0.146 e. The quantitative estimate of drug-likeness (QED) is 0.899. The fraction of sp³-hybridized carbons (Fsp3) is 0.600. The second-order valence-electron chi connectivity index (χ2n) is 5.64. The minimum atomic E-state index is -0.125. The molecule has 1 N–H and O–H groups in total. The fourth-order valence-electron chi connectivity index (χ4n) is 3.00. The average Bonchev–Trinajstić information content (AvgIpc) is 2.49. The van der Waals surface area contributed by atoms with Crippen LogP contribution in [0.15, 0.2) is 24.3 Å². The highest BCUT2D eigenvalue weighted by Gasteiger charge is 2.27. The zero-order valence-electron chi connectivity index (χ0n) is 12.1. The largest absolute Gasteiger partial charge is 0.363 e. The summed E-state index contributed by atoms with van der Waals surface area (Å²) in [5.41, 5.74) is 0.727. The first-order valence-electron chi connectivity index (χ1n) is 6.96. The summed E-state index contributed by atoms with van der Waals surface area (Å²) in [5.74, 6) is 0.409. The summed E-state index contributed by atoms with van der Waals surface area (Å²) in [7, 11) is 4.10. The van der Waals surface area contributed by atoms with Crippen molar-refractivity contribution >= 4 is 5.69 Å². The third-order valence-corrected chi connectivity index (χ3v) is 3.70. The molecule has 1 heterocycles. The van der Waals surface area contributed by atoms with Crippen LogP contribution in [0.4, 0.5) is 10.1 Å². The van der Waals surface area contributed by atoms with Gasteiger partial charge in [-0.25, -0.2) is 4.39 Å². The molecule has 0 amide bonds. The van der Waals surface area contributed by atoms with E-state index in [4.69, 9.17) is 0 Å². The summed E-state index contributed by atoms with van der Waals surface area (Å²) in [4.78, 5) is 4.56. The predicted molar refractivity (Wildman–Crippen MR) is 78.1 cm³/mol. The van der Waals surface area contributed by atoms with E-state index < -0.39 is 0 Å². The molecular weight excluding hydrogens is 241 g/mol. The summed E-state index contributed by atoms with van der Waals surface area (Å²) < 4.78 is 14.1. The van der Waals surface area contributed by atoms with Crippen LogP contribution in [0.1, 0.15) is 6.92 Å². The Morgan fingerprint density at radius 1 is 1.26 bits per heavy atom. The monoisotopic (exact) mass is 265 g/mol. The number of hydrogen-bond acceptors (Lipinski definition) is 3. The lowest BCUT2D eigenvalue weighted by Crippen LogP contribution is -2.46. The maximum atomic E-state index is 14.1. The number of halogens is 1. The summed E-state index contributed by atoms with van der Waals surface area (Å²) in [6, 6.07) is 7.39. The van der Waals surface area contributed by atoms with Crippen LogP contribution in [0.3, 0.4) is 0 Å². The van der Waals surface area contributed by atoms with Crippen molar-refractivity contribution in [1.82, 2.24) is 10.2 Å². The molecule has 0 saturated carbocycles. The van der Waals surface area contributed by atoms with Gasteiger partial charge in [0.05, 0.1) is 11.7 Å². The molecule has 3 nitrogen and oxygen atoms in total. The van der Waals surface area contributed by atoms with Gasteiger partial charge in [0.1, 0.15) is 5.82 Å². The molecule has 19 heavy (non-hydrogen) atoms. The van der Waals surface area contributed by atoms with E-state index in [2.05, 4.69) is 29.1 Å². The Labute approximate surface area is 115 Å². The van der Waals surface area contributed by atoms with Crippen LogP contribution in [-0.4, -0.2) is 51.2 Å². The number of hydrogen-bond donors (Lipinski definition) is 1. The van der Waals surface area contributed by atoms with Crippen LogP contribution in [0.2, 0.25) is 0 Å². The molecule has 0 spiro atoms. The minimum absolute atomic E-state index is 0.125. The molecule has 0 bridgehead atoms. The number of benzene rings is 1. The molecule has 2 unspecified atom stereocenters. The van der Waals surface area contributed by atoms with Gasteiger partial charge in [0.15, 0.2) is 0 Å². The number of likely N-dealkylation sites (N-methyl/N-ethyl adjacent to an activating group) is 2. The van der Waals surface area contributed by atoms with Crippen molar-refractivity contribution in [1.29, 1.82) is 0 Å². The Hall–Kier alpha value is -1.13. The molecule has 1 fully saturated rings. The molecule has 0 radical (unpaired) electrons. The molecule has 2 rings (SSSR count). The molecule has 106 valence electrons. The van der Waals surface area contributed by atoms with Crippen LogP contribution >= 0.6 is 0 Å². The van der Waals surface area contributed by atoms with E-state index in [1.165, 1.54) is 0 Å². The molecule has 1 aromatic carbocycles. The Morgan fingerprint density at radius 2 is 2.00 bits per heavy atom. The second kappa shape index (κ2) is 6.35. The summed E-state index contributed by atoms with van der Waals surface area (Å²) in [5, 5.41) is 3.23. The average molecular weight is 265 g/mol. The molecule has 2 atom stereocenters. The predicted octanol–water partition coefficient (Wildman–Crippen LogP) is 1.80. The van der Waals surface area contributed by atoms with E-state index >= 15 is 0 Å². The molecule has 1 aliphatic heterocycles. The number of nitrogens with one attached hydrogen (secondary N) is 1. The maximum absolute atomic E-state index is 14.1. The lowest BCUT2D eigenvalue weighted by atomic mass is 10.1. The van der Waals surface area contributed by atoms with Crippen LogP contribution in [0, 0.1) is 11.7 Å². The zero-order valence-corrected chi connectivity index (χ0v) is 12.1. The van der Waals surface area contributed by atoms with Gasteiger partial charge in [-0.1, -0.05) is 19.1 Å². The van der Waals surface area contributed by atoms with Crippen molar-refractivity contribution in [3.63, 3.8) is 0 Å². The molecule has 4 heteroatoms. The van der Waals surface area contributed by atoms with E-state index in [1.54, 1.807) is 12.1 Å². The third-order valence-electron chi connectivity index (χ3n) is 3.70. The van der Waals surface area contributed by atoms with Crippen molar-refractivity contribution in [2.75, 3.05) is 45.2 Å². The third kappa shape index (κ3) is 3.45. The SMILES string of the molecule is CNCC1CN(C)CC(C)CN1c1ccccc1F. The summed E-state index contributed by atoms with van der Waals surface area (Å²) in [6.07, 6.45) is 0. The first kappa shape index (κ1) is 14.3. The van der Waals surface area contributed by atoms with Crippen LogP contribution in [0.25, 0.3) is 0 Å². The van der Waals surface area contributed by atoms with E-state index in [0.29, 0.717) is 12.0 Å². The molecule has 0 aromatic heterocycles. The highest BCUT2D eigenvalue weighted by molar-refractivity contribution is 5.49. The van der Waals surface area contributed by atoms with Gasteiger partial charge in [0.25, 0.3) is 0 Å². The van der Waals surface area contributed by atoms with Crippen molar-refractivity contribution in [2.45, 2.75) is 13.0 Å². The molecular formula is C15H24FN3. The fourth-order valence-corrected chi connectivity index (χ4v) is 3.00. The number of anilines is 1. The van der Waals surface area contributed by atoms with Crippen LogP contribution in [-0.2, 0) is 0 Å². The van der Waals surface area contributed by atoms with Gasteiger partial charge >= 0.3 is 0 Å². The second-order valence-corrected chi connectivity index (χ2v) is 5.64. The van der Waals surface area contributed by atoms with Crippen molar-refractivity contribution in [3.05, 3.63) is 30.1 Å². The van der Waals surface area contributed by atoms with Crippen molar-refractivity contribution in [3.8, 4) is 0 Å². The van der Waals surface area contributed by atoms with E-state index in [1.807, 2.05) is 19.2 Å². The van der Waals surface area contributed by atoms with Crippen LogP contribution < -0.4 is 10.2 Å². The highest BCUT2D eigenvalue weighted by Crippen LogP contribution is 2.24. The van der Waals surface area contributed by atoms with Crippen molar-refractivity contribution in [2.24, 2.45) is 5.92 Å². The zero-order chi connectivity index (χ0) is 13.8. The Bertz CT molecular complexity index is 410. The van der Waals surface area contributed by atoms with Gasteiger partial charge in [-0.2, -0.15) is 0 Å². The summed E-state index contributed by atoms with van der Waals surface area (Å²) >= 11 is 0. The standard InChI is InChI=1S/C15H24FN3/c1-12-9-18(3)11-13(8-17-2)19(10-12)15-7-5-4-6-14(15)16/h4-7,12-13,17H,8-11H2,1-3H3. The normalized spacial score (nSPS) is 25.4. The summed E-state index contributed by atoms with van der Waals surface area (Å²) in [6.45, 7) is 6.01. The van der Waals surface area contributed by atoms with Gasteiger partial charge in [-0.3, -0.25) is 0 Å². The number of para-hydroxylation sites is 1. The lowest BCUT2D eigenvalue weighted by Gasteiger charge is -2.33. The topological polar surface area (TPSA) is 18.5 Å². The van der Waals surface area contributed by atoms with E-state index in [-0.39, 0.29) is 5.82 Å². The minimum Gasteiger partial charge on any atom is -0.363 e. The molecule has 1 aliphatic rings. The van der Waals surface area contributed by atoms with E-state index in [9.17, 15) is 4.39 Å². The van der Waals surface area contributed by atoms with Gasteiger partial charge in [-0.15, -0.1) is 0 Å². The Balaban J connectivity index is 2.29. The number of rotatable bonds is 3. The highest BCUT2D eigenvalue weighted by atomic mass is 19.1. The maximum Gasteiger partial charge on any atom is 0.146 e. The first-order chi connectivity index (χ1) is 9.11. The first-order valence-corrected chi connectivity index (χ1v) is 6.96. The Kier molecular flexibility index (Phi) is 4.77. The molecule has 1 saturated heterocycles. The van der Waals surface area contributed by atoms with Gasteiger partial charge in [0, 0.05) is 26.2 Å². The molecule has 1 aromatic rings. The van der Waals surface area contributed by atoms with Crippen molar-refractivity contribution < 1.29 is 4.39 Å². The van der Waals surface area contributed by atoms with Crippen LogP contribution in [0.5, 0.6) is 0 Å². The lowest BCUT2D eigenvalue weighted by molar-refractivity contribution is 0.302.